The number of halogens is 3. The quantitative estimate of drug-likeness (QED) is 0.852. The van der Waals surface area contributed by atoms with Gasteiger partial charge in [-0.3, -0.25) is 0 Å². The van der Waals surface area contributed by atoms with Crippen LogP contribution in [-0.4, -0.2) is 0 Å². The molecule has 100 valence electrons. The zero-order valence-electron chi connectivity index (χ0n) is 10.5. The number of hydrogen-bond acceptors (Lipinski definition) is 1. The first-order chi connectivity index (χ1) is 8.99. The van der Waals surface area contributed by atoms with E-state index in [0.717, 1.165) is 10.0 Å². The predicted octanol–water partition coefficient (Wildman–Crippen LogP) is 4.79. The first kappa shape index (κ1) is 14.5. The van der Waals surface area contributed by atoms with E-state index in [-0.39, 0.29) is 5.82 Å². The molecule has 2 rings (SSSR count). The Morgan fingerprint density at radius 1 is 1.32 bits per heavy atom. The van der Waals surface area contributed by atoms with E-state index in [1.807, 2.05) is 24.3 Å². The summed E-state index contributed by atoms with van der Waals surface area (Å²) in [5.74, 6) is -0.233. The molecule has 1 atom stereocenters. The summed E-state index contributed by atoms with van der Waals surface area (Å²) in [6.07, 6.45) is 0.506. The van der Waals surface area contributed by atoms with Gasteiger partial charge in [0.25, 0.3) is 0 Å². The summed E-state index contributed by atoms with van der Waals surface area (Å²) < 4.78 is 14.9. The van der Waals surface area contributed by atoms with Gasteiger partial charge in [-0.1, -0.05) is 51.8 Å². The molecule has 2 aromatic rings. The molecule has 4 heteroatoms. The monoisotopic (exact) mass is 341 g/mol. The van der Waals surface area contributed by atoms with Gasteiger partial charge in [0, 0.05) is 21.1 Å². The summed E-state index contributed by atoms with van der Waals surface area (Å²) in [5.41, 5.74) is 8.14. The van der Waals surface area contributed by atoms with Gasteiger partial charge in [-0.05, 0) is 36.6 Å². The van der Waals surface area contributed by atoms with Crippen LogP contribution in [0.15, 0.2) is 40.9 Å². The van der Waals surface area contributed by atoms with E-state index in [4.69, 9.17) is 17.3 Å². The molecule has 0 aromatic heterocycles. The van der Waals surface area contributed by atoms with E-state index < -0.39 is 6.04 Å². The summed E-state index contributed by atoms with van der Waals surface area (Å²) in [4.78, 5) is 0. The molecule has 1 nitrogen and oxygen atoms in total. The highest BCUT2D eigenvalue weighted by atomic mass is 79.9. The molecular weight excluding hydrogens is 329 g/mol. The van der Waals surface area contributed by atoms with E-state index in [0.29, 0.717) is 22.6 Å². The average molecular weight is 343 g/mol. The van der Waals surface area contributed by atoms with Crippen LogP contribution < -0.4 is 5.73 Å². The third kappa shape index (κ3) is 3.35. The van der Waals surface area contributed by atoms with Gasteiger partial charge in [0.15, 0.2) is 0 Å². The lowest BCUT2D eigenvalue weighted by Gasteiger charge is -2.15. The van der Waals surface area contributed by atoms with E-state index in [9.17, 15) is 4.39 Å². The number of hydrogen-bond donors (Lipinski definition) is 1. The number of benzene rings is 2. The standard InChI is InChI=1S/C15H14BrClFN/c1-9-3-2-4-12(15(9)18)14(19)7-10-5-6-11(16)8-13(10)17/h2-6,8,14H,7,19H2,1H3. The van der Waals surface area contributed by atoms with Crippen LogP contribution >= 0.6 is 27.5 Å². The van der Waals surface area contributed by atoms with Gasteiger partial charge in [-0.15, -0.1) is 0 Å². The second-order valence-electron chi connectivity index (χ2n) is 4.52. The van der Waals surface area contributed by atoms with Crippen LogP contribution in [-0.2, 0) is 6.42 Å². The number of aryl methyl sites for hydroxylation is 1. The summed E-state index contributed by atoms with van der Waals surface area (Å²) in [5, 5.41) is 0.637. The van der Waals surface area contributed by atoms with Crippen molar-refractivity contribution in [2.45, 2.75) is 19.4 Å². The van der Waals surface area contributed by atoms with Crippen molar-refractivity contribution >= 4 is 27.5 Å². The van der Waals surface area contributed by atoms with E-state index in [1.54, 1.807) is 19.1 Å². The predicted molar refractivity (Wildman–Crippen MR) is 80.9 cm³/mol. The summed E-state index contributed by atoms with van der Waals surface area (Å²) in [7, 11) is 0. The lowest BCUT2D eigenvalue weighted by molar-refractivity contribution is 0.573. The molecule has 2 N–H and O–H groups in total. The van der Waals surface area contributed by atoms with Crippen molar-refractivity contribution in [3.05, 3.63) is 68.4 Å². The largest absolute Gasteiger partial charge is 0.324 e. The summed E-state index contributed by atoms with van der Waals surface area (Å²) >= 11 is 9.51. The lowest BCUT2D eigenvalue weighted by Crippen LogP contribution is -2.15. The third-order valence-electron chi connectivity index (χ3n) is 3.08. The molecular formula is C15H14BrClFN. The van der Waals surface area contributed by atoms with Crippen molar-refractivity contribution in [3.63, 3.8) is 0 Å². The molecule has 0 bridgehead atoms. The Morgan fingerprint density at radius 2 is 2.05 bits per heavy atom. The highest BCUT2D eigenvalue weighted by Gasteiger charge is 2.14. The Balaban J connectivity index is 2.25. The Morgan fingerprint density at radius 3 is 2.74 bits per heavy atom. The van der Waals surface area contributed by atoms with Crippen LogP contribution in [0.5, 0.6) is 0 Å². The number of rotatable bonds is 3. The fourth-order valence-corrected chi connectivity index (χ4v) is 2.74. The Bertz CT molecular complexity index is 601. The molecule has 0 amide bonds. The second-order valence-corrected chi connectivity index (χ2v) is 5.85. The first-order valence-corrected chi connectivity index (χ1v) is 7.10. The Labute approximate surface area is 125 Å². The maximum Gasteiger partial charge on any atom is 0.130 e. The van der Waals surface area contributed by atoms with E-state index in [1.165, 1.54) is 0 Å². The minimum Gasteiger partial charge on any atom is -0.324 e. The van der Waals surface area contributed by atoms with Crippen LogP contribution in [0.25, 0.3) is 0 Å². The van der Waals surface area contributed by atoms with Gasteiger partial charge in [0.2, 0.25) is 0 Å². The smallest absolute Gasteiger partial charge is 0.130 e. The zero-order valence-corrected chi connectivity index (χ0v) is 12.8. The highest BCUT2D eigenvalue weighted by Crippen LogP contribution is 2.27. The Kier molecular flexibility index (Phi) is 4.61. The van der Waals surface area contributed by atoms with Crippen LogP contribution in [0.1, 0.15) is 22.7 Å². The van der Waals surface area contributed by atoms with Crippen LogP contribution in [0, 0.1) is 12.7 Å². The van der Waals surface area contributed by atoms with Gasteiger partial charge >= 0.3 is 0 Å². The van der Waals surface area contributed by atoms with Gasteiger partial charge < -0.3 is 5.73 Å². The minimum absolute atomic E-state index is 0.233. The molecule has 0 aliphatic heterocycles. The normalized spacial score (nSPS) is 12.5. The Hall–Kier alpha value is -0.900. The molecule has 0 aliphatic carbocycles. The fraction of sp³-hybridized carbons (Fsp3) is 0.200. The minimum atomic E-state index is -0.404. The molecule has 0 spiro atoms. The van der Waals surface area contributed by atoms with Crippen molar-refractivity contribution < 1.29 is 4.39 Å². The molecule has 0 fully saturated rings. The third-order valence-corrected chi connectivity index (χ3v) is 3.92. The van der Waals surface area contributed by atoms with Crippen LogP contribution in [0.2, 0.25) is 5.02 Å². The highest BCUT2D eigenvalue weighted by molar-refractivity contribution is 9.10. The molecule has 0 saturated heterocycles. The molecule has 2 aromatic carbocycles. The molecule has 0 aliphatic rings. The van der Waals surface area contributed by atoms with Crippen molar-refractivity contribution in [2.75, 3.05) is 0 Å². The van der Waals surface area contributed by atoms with Gasteiger partial charge in [-0.25, -0.2) is 4.39 Å². The average Bonchev–Trinajstić information content (AvgIpc) is 2.36. The molecule has 0 heterocycles. The molecule has 1 unspecified atom stereocenters. The molecule has 0 saturated carbocycles. The van der Waals surface area contributed by atoms with E-state index in [2.05, 4.69) is 15.9 Å². The van der Waals surface area contributed by atoms with Crippen molar-refractivity contribution in [2.24, 2.45) is 5.73 Å². The van der Waals surface area contributed by atoms with E-state index >= 15 is 0 Å². The summed E-state index contributed by atoms with van der Waals surface area (Å²) in [6.45, 7) is 1.73. The molecule has 19 heavy (non-hydrogen) atoms. The van der Waals surface area contributed by atoms with Crippen LogP contribution in [0.3, 0.4) is 0 Å². The number of nitrogens with two attached hydrogens (primary N) is 1. The maximum atomic E-state index is 14.0. The molecule has 0 radical (unpaired) electrons. The topological polar surface area (TPSA) is 26.0 Å². The summed E-state index contributed by atoms with van der Waals surface area (Å²) in [6, 6.07) is 10.5. The van der Waals surface area contributed by atoms with Crippen molar-refractivity contribution in [3.8, 4) is 0 Å². The van der Waals surface area contributed by atoms with Crippen LogP contribution in [0.4, 0.5) is 4.39 Å². The first-order valence-electron chi connectivity index (χ1n) is 5.93. The van der Waals surface area contributed by atoms with Gasteiger partial charge in [-0.2, -0.15) is 0 Å². The fourth-order valence-electron chi connectivity index (χ4n) is 1.99. The lowest BCUT2D eigenvalue weighted by atomic mass is 9.98. The van der Waals surface area contributed by atoms with Crippen molar-refractivity contribution in [1.82, 2.24) is 0 Å². The van der Waals surface area contributed by atoms with Gasteiger partial charge in [0.05, 0.1) is 0 Å². The SMILES string of the molecule is Cc1cccc(C(N)Cc2ccc(Br)cc2Cl)c1F. The van der Waals surface area contributed by atoms with Crippen molar-refractivity contribution in [1.29, 1.82) is 0 Å². The zero-order chi connectivity index (χ0) is 14.0. The van der Waals surface area contributed by atoms with Gasteiger partial charge in [0.1, 0.15) is 5.82 Å². The second kappa shape index (κ2) is 6.04. The maximum absolute atomic E-state index is 14.0.